The minimum Gasteiger partial charge on any atom is -0.508 e. The Morgan fingerprint density at radius 2 is 1.61 bits per heavy atom. The fourth-order valence-electron chi connectivity index (χ4n) is 1.78. The fraction of sp³-hybridized carbons (Fsp3) is 0.176. The minimum absolute atomic E-state index is 0.0775. The summed E-state index contributed by atoms with van der Waals surface area (Å²) in [5.41, 5.74) is 6.27. The molecular formula is C17H18N2O3S. The van der Waals surface area contributed by atoms with Crippen LogP contribution in [-0.4, -0.2) is 22.2 Å². The molecule has 2 aromatic rings. The van der Waals surface area contributed by atoms with E-state index in [-0.39, 0.29) is 16.9 Å². The topological polar surface area (TPSA) is 78.4 Å². The number of nitrogens with one attached hydrogen (secondary N) is 2. The number of phenolic OH excluding ortho intramolecular Hbond substituents is 1. The molecular weight excluding hydrogens is 312 g/mol. The van der Waals surface area contributed by atoms with Crippen molar-refractivity contribution in [3.05, 3.63) is 59.7 Å². The number of phenols is 1. The third-order valence-corrected chi connectivity index (χ3v) is 4.24. The van der Waals surface area contributed by atoms with Gasteiger partial charge in [-0.25, -0.2) is 0 Å². The number of hydrazine groups is 1. The van der Waals surface area contributed by atoms with Gasteiger partial charge in [0.2, 0.25) is 0 Å². The van der Waals surface area contributed by atoms with Crippen LogP contribution in [0.15, 0.2) is 53.4 Å². The SMILES string of the molecule is Cc1ccc(S[C@H](C)C(=O)NNC(=O)c2ccc(O)cc2)cc1. The number of hydrogen-bond acceptors (Lipinski definition) is 4. The highest BCUT2D eigenvalue weighted by molar-refractivity contribution is 8.00. The maximum atomic E-state index is 12.0. The number of carbonyl (C=O) groups is 2. The van der Waals surface area contributed by atoms with E-state index in [2.05, 4.69) is 10.9 Å². The maximum absolute atomic E-state index is 12.0. The van der Waals surface area contributed by atoms with Crippen LogP contribution in [0, 0.1) is 6.92 Å². The smallest absolute Gasteiger partial charge is 0.269 e. The summed E-state index contributed by atoms with van der Waals surface area (Å²) in [6.45, 7) is 3.77. The monoisotopic (exact) mass is 330 g/mol. The van der Waals surface area contributed by atoms with Crippen LogP contribution >= 0.6 is 11.8 Å². The Labute approximate surface area is 139 Å². The molecule has 0 aliphatic heterocycles. The number of aryl methyl sites for hydroxylation is 1. The molecule has 0 saturated carbocycles. The van der Waals surface area contributed by atoms with Gasteiger partial charge < -0.3 is 5.11 Å². The first kappa shape index (κ1) is 16.9. The number of aromatic hydroxyl groups is 1. The molecule has 0 aliphatic rings. The van der Waals surface area contributed by atoms with Crippen LogP contribution in [0.1, 0.15) is 22.8 Å². The van der Waals surface area contributed by atoms with Crippen LogP contribution in [0.5, 0.6) is 5.75 Å². The Morgan fingerprint density at radius 3 is 2.22 bits per heavy atom. The molecule has 2 aromatic carbocycles. The minimum atomic E-state index is -0.439. The molecule has 0 heterocycles. The van der Waals surface area contributed by atoms with Gasteiger partial charge in [0.05, 0.1) is 5.25 Å². The average Bonchev–Trinajstić information content (AvgIpc) is 2.55. The van der Waals surface area contributed by atoms with E-state index < -0.39 is 5.91 Å². The third kappa shape index (κ3) is 5.03. The molecule has 5 nitrogen and oxygen atoms in total. The van der Waals surface area contributed by atoms with Crippen molar-refractivity contribution in [2.24, 2.45) is 0 Å². The maximum Gasteiger partial charge on any atom is 0.269 e. The van der Waals surface area contributed by atoms with E-state index in [0.717, 1.165) is 10.5 Å². The highest BCUT2D eigenvalue weighted by atomic mass is 32.2. The Balaban J connectivity index is 1.84. The van der Waals surface area contributed by atoms with Crippen LogP contribution in [0.4, 0.5) is 0 Å². The summed E-state index contributed by atoms with van der Waals surface area (Å²) in [5.74, 6) is -0.651. The van der Waals surface area contributed by atoms with E-state index in [1.165, 1.54) is 36.0 Å². The van der Waals surface area contributed by atoms with Gasteiger partial charge in [0.1, 0.15) is 5.75 Å². The zero-order valence-corrected chi connectivity index (χ0v) is 13.7. The summed E-state index contributed by atoms with van der Waals surface area (Å²) in [7, 11) is 0. The number of hydrogen-bond donors (Lipinski definition) is 3. The molecule has 0 radical (unpaired) electrons. The van der Waals surface area contributed by atoms with Crippen LogP contribution in [0.2, 0.25) is 0 Å². The summed E-state index contributed by atoms with van der Waals surface area (Å²) < 4.78 is 0. The molecule has 0 bridgehead atoms. The van der Waals surface area contributed by atoms with Gasteiger partial charge in [0.25, 0.3) is 11.8 Å². The second kappa shape index (κ2) is 7.69. The lowest BCUT2D eigenvalue weighted by Crippen LogP contribution is -2.44. The first-order valence-corrected chi connectivity index (χ1v) is 7.96. The number of thioether (sulfide) groups is 1. The summed E-state index contributed by atoms with van der Waals surface area (Å²) in [6.07, 6.45) is 0. The van der Waals surface area contributed by atoms with Crippen molar-refractivity contribution in [2.75, 3.05) is 0 Å². The van der Waals surface area contributed by atoms with Gasteiger partial charge in [-0.2, -0.15) is 0 Å². The molecule has 0 aliphatic carbocycles. The van der Waals surface area contributed by atoms with Crippen molar-refractivity contribution in [3.63, 3.8) is 0 Å². The Kier molecular flexibility index (Phi) is 5.65. The number of rotatable bonds is 4. The van der Waals surface area contributed by atoms with Crippen molar-refractivity contribution >= 4 is 23.6 Å². The molecule has 0 aromatic heterocycles. The van der Waals surface area contributed by atoms with Gasteiger partial charge in [-0.15, -0.1) is 11.8 Å². The van der Waals surface area contributed by atoms with E-state index in [1.807, 2.05) is 31.2 Å². The molecule has 0 saturated heterocycles. The Morgan fingerprint density at radius 1 is 1.00 bits per heavy atom. The molecule has 23 heavy (non-hydrogen) atoms. The van der Waals surface area contributed by atoms with E-state index in [9.17, 15) is 14.7 Å². The predicted molar refractivity (Wildman–Crippen MR) is 90.2 cm³/mol. The van der Waals surface area contributed by atoms with Gasteiger partial charge in [0, 0.05) is 10.5 Å². The van der Waals surface area contributed by atoms with Gasteiger partial charge in [-0.05, 0) is 50.2 Å². The van der Waals surface area contributed by atoms with Crippen LogP contribution < -0.4 is 10.9 Å². The lowest BCUT2D eigenvalue weighted by atomic mass is 10.2. The summed E-state index contributed by atoms with van der Waals surface area (Å²) >= 11 is 1.41. The first-order chi connectivity index (χ1) is 11.0. The van der Waals surface area contributed by atoms with Crippen LogP contribution in [0.25, 0.3) is 0 Å². The molecule has 2 rings (SSSR count). The third-order valence-electron chi connectivity index (χ3n) is 3.13. The van der Waals surface area contributed by atoms with E-state index >= 15 is 0 Å². The molecule has 0 fully saturated rings. The standard InChI is InChI=1S/C17H18N2O3S/c1-11-3-9-15(10-4-11)23-12(2)16(21)18-19-17(22)13-5-7-14(20)8-6-13/h3-10,12,20H,1-2H3,(H,18,21)(H,19,22)/t12-/m1/s1. The number of carbonyl (C=O) groups excluding carboxylic acids is 2. The summed E-state index contributed by atoms with van der Waals surface area (Å²) in [6, 6.07) is 13.7. The molecule has 3 N–H and O–H groups in total. The molecule has 2 amide bonds. The van der Waals surface area contributed by atoms with E-state index in [0.29, 0.717) is 5.56 Å². The van der Waals surface area contributed by atoms with Crippen molar-refractivity contribution < 1.29 is 14.7 Å². The highest BCUT2D eigenvalue weighted by Gasteiger charge is 2.15. The van der Waals surface area contributed by atoms with Crippen molar-refractivity contribution in [3.8, 4) is 5.75 Å². The lowest BCUT2D eigenvalue weighted by molar-refractivity contribution is -0.121. The second-order valence-electron chi connectivity index (χ2n) is 5.06. The number of amides is 2. The van der Waals surface area contributed by atoms with Crippen molar-refractivity contribution in [1.29, 1.82) is 0 Å². The fourth-order valence-corrected chi connectivity index (χ4v) is 2.65. The molecule has 0 unspecified atom stereocenters. The predicted octanol–water partition coefficient (Wildman–Crippen LogP) is 2.64. The zero-order chi connectivity index (χ0) is 16.8. The lowest BCUT2D eigenvalue weighted by Gasteiger charge is -2.13. The van der Waals surface area contributed by atoms with E-state index in [4.69, 9.17) is 0 Å². The summed E-state index contributed by atoms with van der Waals surface area (Å²) in [5, 5.41) is 8.83. The van der Waals surface area contributed by atoms with Crippen molar-refractivity contribution in [2.45, 2.75) is 24.0 Å². The van der Waals surface area contributed by atoms with Gasteiger partial charge in [-0.3, -0.25) is 20.4 Å². The molecule has 1 atom stereocenters. The zero-order valence-electron chi connectivity index (χ0n) is 12.9. The van der Waals surface area contributed by atoms with Crippen LogP contribution in [0.3, 0.4) is 0 Å². The van der Waals surface area contributed by atoms with Gasteiger partial charge >= 0.3 is 0 Å². The second-order valence-corrected chi connectivity index (χ2v) is 6.48. The normalized spacial score (nSPS) is 11.6. The first-order valence-electron chi connectivity index (χ1n) is 7.08. The Bertz CT molecular complexity index is 684. The quantitative estimate of drug-likeness (QED) is 0.595. The van der Waals surface area contributed by atoms with Gasteiger partial charge in [-0.1, -0.05) is 17.7 Å². The number of benzene rings is 2. The largest absolute Gasteiger partial charge is 0.508 e. The highest BCUT2D eigenvalue weighted by Crippen LogP contribution is 2.23. The average molecular weight is 330 g/mol. The van der Waals surface area contributed by atoms with E-state index in [1.54, 1.807) is 6.92 Å². The van der Waals surface area contributed by atoms with Crippen LogP contribution in [-0.2, 0) is 4.79 Å². The molecule has 0 spiro atoms. The van der Waals surface area contributed by atoms with Gasteiger partial charge in [0.15, 0.2) is 0 Å². The summed E-state index contributed by atoms with van der Waals surface area (Å²) in [4.78, 5) is 24.9. The van der Waals surface area contributed by atoms with Crippen molar-refractivity contribution in [1.82, 2.24) is 10.9 Å². The molecule has 120 valence electrons. The Hall–Kier alpha value is -2.47. The molecule has 6 heteroatoms.